The highest BCUT2D eigenvalue weighted by molar-refractivity contribution is 7.81. The fourth-order valence-electron chi connectivity index (χ4n) is 0.761. The predicted molar refractivity (Wildman–Crippen MR) is 68.9 cm³/mol. The highest BCUT2D eigenvalue weighted by Crippen LogP contribution is 2.18. The van der Waals surface area contributed by atoms with Crippen LogP contribution in [0.2, 0.25) is 0 Å². The van der Waals surface area contributed by atoms with Crippen LogP contribution in [0.4, 0.5) is 0 Å². The van der Waals surface area contributed by atoms with Crippen LogP contribution in [0.25, 0.3) is 0 Å². The molecular formula is C11H20N2S. The first kappa shape index (κ1) is 13.4. The number of thiol groups is 1. The van der Waals surface area contributed by atoms with Gasteiger partial charge >= 0.3 is 0 Å². The van der Waals surface area contributed by atoms with E-state index in [9.17, 15) is 0 Å². The van der Waals surface area contributed by atoms with Gasteiger partial charge in [-0.1, -0.05) is 27.4 Å². The Kier molecular flexibility index (Phi) is 5.13. The molecular weight excluding hydrogens is 192 g/mol. The van der Waals surface area contributed by atoms with Crippen molar-refractivity contribution in [1.29, 1.82) is 0 Å². The Labute approximate surface area is 92.6 Å². The van der Waals surface area contributed by atoms with Crippen molar-refractivity contribution in [3.05, 3.63) is 12.3 Å². The molecule has 0 rings (SSSR count). The number of hydrogen-bond donors (Lipinski definition) is 1. The van der Waals surface area contributed by atoms with Gasteiger partial charge in [-0.2, -0.15) is 12.6 Å². The maximum Gasteiger partial charge on any atom is 0.0638 e. The second-order valence-electron chi connectivity index (χ2n) is 4.30. The number of nitrogens with zero attached hydrogens (tertiary/aromatic N) is 2. The van der Waals surface area contributed by atoms with Gasteiger partial charge in [-0.05, 0) is 6.92 Å². The normalized spacial score (nSPS) is 16.0. The SMILES string of the molecule is C=C(N=C(C=NC)C(C)(C)C)C(C)S. The molecule has 3 heteroatoms. The lowest BCUT2D eigenvalue weighted by atomic mass is 9.90. The van der Waals surface area contributed by atoms with E-state index in [1.807, 2.05) is 6.92 Å². The smallest absolute Gasteiger partial charge is 0.0638 e. The number of hydrogen-bond acceptors (Lipinski definition) is 3. The summed E-state index contributed by atoms with van der Waals surface area (Å²) in [6, 6.07) is 0. The summed E-state index contributed by atoms with van der Waals surface area (Å²) in [5, 5.41) is 0.0811. The minimum absolute atomic E-state index is 0.00881. The Hall–Kier alpha value is -0.570. The molecule has 0 radical (unpaired) electrons. The summed E-state index contributed by atoms with van der Waals surface area (Å²) in [6.45, 7) is 12.1. The van der Waals surface area contributed by atoms with Gasteiger partial charge in [0.15, 0.2) is 0 Å². The average Bonchev–Trinajstić information content (AvgIpc) is 2.01. The topological polar surface area (TPSA) is 24.7 Å². The first-order chi connectivity index (χ1) is 6.29. The summed E-state index contributed by atoms with van der Waals surface area (Å²) >= 11 is 4.28. The van der Waals surface area contributed by atoms with E-state index >= 15 is 0 Å². The molecule has 1 atom stereocenters. The fraction of sp³-hybridized carbons (Fsp3) is 0.636. The average molecular weight is 212 g/mol. The van der Waals surface area contributed by atoms with Crippen molar-refractivity contribution in [2.24, 2.45) is 15.4 Å². The van der Waals surface area contributed by atoms with E-state index in [4.69, 9.17) is 0 Å². The van der Waals surface area contributed by atoms with Gasteiger partial charge in [0.25, 0.3) is 0 Å². The molecule has 0 aromatic rings. The number of rotatable bonds is 3. The maximum absolute atomic E-state index is 4.43. The largest absolute Gasteiger partial charge is 0.295 e. The third-order valence-electron chi connectivity index (χ3n) is 1.77. The van der Waals surface area contributed by atoms with Crippen molar-refractivity contribution in [2.45, 2.75) is 32.9 Å². The van der Waals surface area contributed by atoms with Crippen LogP contribution >= 0.6 is 12.6 Å². The van der Waals surface area contributed by atoms with Gasteiger partial charge in [-0.15, -0.1) is 0 Å². The van der Waals surface area contributed by atoms with Crippen LogP contribution in [-0.2, 0) is 0 Å². The van der Waals surface area contributed by atoms with Gasteiger partial charge in [0.1, 0.15) is 0 Å². The summed E-state index contributed by atoms with van der Waals surface area (Å²) in [7, 11) is 1.74. The molecule has 0 saturated heterocycles. The third-order valence-corrected chi connectivity index (χ3v) is 2.06. The van der Waals surface area contributed by atoms with Crippen molar-refractivity contribution in [3.8, 4) is 0 Å². The van der Waals surface area contributed by atoms with Crippen LogP contribution in [0.3, 0.4) is 0 Å². The minimum Gasteiger partial charge on any atom is -0.295 e. The van der Waals surface area contributed by atoms with E-state index in [0.717, 1.165) is 11.4 Å². The van der Waals surface area contributed by atoms with Crippen molar-refractivity contribution in [3.63, 3.8) is 0 Å². The van der Waals surface area contributed by atoms with Gasteiger partial charge in [0.05, 0.1) is 5.71 Å². The van der Waals surface area contributed by atoms with Crippen molar-refractivity contribution in [2.75, 3.05) is 7.05 Å². The van der Waals surface area contributed by atoms with Crippen molar-refractivity contribution < 1.29 is 0 Å². The lowest BCUT2D eigenvalue weighted by Gasteiger charge is -2.19. The molecule has 0 bridgehead atoms. The zero-order valence-corrected chi connectivity index (χ0v) is 10.6. The van der Waals surface area contributed by atoms with Gasteiger partial charge < -0.3 is 0 Å². The number of aliphatic imine (C=N–C) groups is 2. The third kappa shape index (κ3) is 4.61. The van der Waals surface area contributed by atoms with Gasteiger partial charge in [-0.3, -0.25) is 9.98 Å². The molecule has 0 aliphatic rings. The standard InChI is InChI=1S/C11H20N2S/c1-8(9(2)14)13-10(7-12-6)11(3,4)5/h7,9,14H,1H2,2-6H3. The molecule has 0 aliphatic carbocycles. The van der Waals surface area contributed by atoms with Gasteiger partial charge in [0.2, 0.25) is 0 Å². The quantitative estimate of drug-likeness (QED) is 0.549. The van der Waals surface area contributed by atoms with Crippen LogP contribution in [0.15, 0.2) is 22.3 Å². The Morgan fingerprint density at radius 1 is 1.43 bits per heavy atom. The Bertz CT molecular complexity index is 257. The molecule has 0 amide bonds. The molecule has 0 fully saturated rings. The summed E-state index contributed by atoms with van der Waals surface area (Å²) in [4.78, 5) is 8.43. The molecule has 2 nitrogen and oxygen atoms in total. The highest BCUT2D eigenvalue weighted by atomic mass is 32.1. The van der Waals surface area contributed by atoms with E-state index in [-0.39, 0.29) is 10.7 Å². The molecule has 1 unspecified atom stereocenters. The summed E-state index contributed by atoms with van der Waals surface area (Å²) in [5.41, 5.74) is 1.70. The summed E-state index contributed by atoms with van der Waals surface area (Å²) < 4.78 is 0. The minimum atomic E-state index is -0.00881. The molecule has 0 saturated carbocycles. The van der Waals surface area contributed by atoms with Crippen molar-refractivity contribution in [1.82, 2.24) is 0 Å². The van der Waals surface area contributed by atoms with Crippen LogP contribution in [0.5, 0.6) is 0 Å². The first-order valence-corrected chi connectivity index (χ1v) is 5.19. The lowest BCUT2D eigenvalue weighted by molar-refractivity contribution is 0.597. The van der Waals surface area contributed by atoms with E-state index in [0.29, 0.717) is 0 Å². The van der Waals surface area contributed by atoms with Gasteiger partial charge in [-0.25, -0.2) is 0 Å². The zero-order chi connectivity index (χ0) is 11.4. The second-order valence-corrected chi connectivity index (χ2v) is 5.08. The molecule has 80 valence electrons. The molecule has 14 heavy (non-hydrogen) atoms. The molecule has 0 aromatic carbocycles. The van der Waals surface area contributed by atoms with Crippen LogP contribution < -0.4 is 0 Å². The summed E-state index contributed by atoms with van der Waals surface area (Å²) in [6.07, 6.45) is 1.78. The molecule has 0 aliphatic heterocycles. The fourth-order valence-corrected chi connectivity index (χ4v) is 0.818. The van der Waals surface area contributed by atoms with E-state index in [1.165, 1.54) is 0 Å². The van der Waals surface area contributed by atoms with Gasteiger partial charge in [0, 0.05) is 29.6 Å². The molecule has 0 spiro atoms. The predicted octanol–water partition coefficient (Wildman–Crippen LogP) is 3.01. The molecule has 0 heterocycles. The van der Waals surface area contributed by atoms with Crippen LogP contribution in [-0.4, -0.2) is 24.2 Å². The van der Waals surface area contributed by atoms with E-state index < -0.39 is 0 Å². The first-order valence-electron chi connectivity index (χ1n) is 4.67. The van der Waals surface area contributed by atoms with Crippen LogP contribution in [0, 0.1) is 5.41 Å². The Morgan fingerprint density at radius 2 is 1.93 bits per heavy atom. The van der Waals surface area contributed by atoms with Crippen molar-refractivity contribution >= 4 is 24.6 Å². The highest BCUT2D eigenvalue weighted by Gasteiger charge is 2.17. The van der Waals surface area contributed by atoms with E-state index in [1.54, 1.807) is 13.3 Å². The van der Waals surface area contributed by atoms with E-state index in [2.05, 4.69) is 50.0 Å². The monoisotopic (exact) mass is 212 g/mol. The Balaban J connectivity index is 4.93. The zero-order valence-electron chi connectivity index (χ0n) is 9.70. The molecule has 0 aromatic heterocycles. The molecule has 0 N–H and O–H groups in total. The maximum atomic E-state index is 4.43. The Morgan fingerprint density at radius 3 is 2.21 bits per heavy atom. The summed E-state index contributed by atoms with van der Waals surface area (Å²) in [5.74, 6) is 0. The lowest BCUT2D eigenvalue weighted by Crippen LogP contribution is -2.22. The van der Waals surface area contributed by atoms with Crippen LogP contribution in [0.1, 0.15) is 27.7 Å². The second kappa shape index (κ2) is 5.35.